The summed E-state index contributed by atoms with van der Waals surface area (Å²) < 4.78 is 42.4. The summed E-state index contributed by atoms with van der Waals surface area (Å²) in [6.45, 7) is 1.85. The van der Waals surface area contributed by atoms with Crippen LogP contribution in [0.2, 0.25) is 0 Å². The minimum absolute atomic E-state index is 0.0253. The minimum atomic E-state index is -4.48. The molecule has 0 radical (unpaired) electrons. The van der Waals surface area contributed by atoms with Gasteiger partial charge in [-0.2, -0.15) is 13.2 Å². The number of nitrogens with two attached hydrogens (primary N) is 1. The molecule has 1 rings (SSSR count). The largest absolute Gasteiger partial charge is 0.478 e. The van der Waals surface area contributed by atoms with Crippen LogP contribution in [0.25, 0.3) is 0 Å². The van der Waals surface area contributed by atoms with Crippen molar-refractivity contribution in [3.8, 4) is 5.75 Å². The third-order valence-electron chi connectivity index (χ3n) is 2.19. The number of halogens is 3. The van der Waals surface area contributed by atoms with Gasteiger partial charge in [-0.15, -0.1) is 0 Å². The van der Waals surface area contributed by atoms with Crippen LogP contribution >= 0.6 is 0 Å². The molecule has 1 aromatic rings. The summed E-state index contributed by atoms with van der Waals surface area (Å²) in [7, 11) is 0. The summed E-state index contributed by atoms with van der Waals surface area (Å²) in [5, 5.41) is 0. The first-order chi connectivity index (χ1) is 7.63. The van der Waals surface area contributed by atoms with E-state index in [1.54, 1.807) is 0 Å². The van der Waals surface area contributed by atoms with Gasteiger partial charge in [-0.05, 0) is 38.1 Å². The highest BCUT2D eigenvalue weighted by Crippen LogP contribution is 2.34. The Morgan fingerprint density at radius 1 is 1.18 bits per heavy atom. The average Bonchev–Trinajstić information content (AvgIpc) is 2.16. The molecule has 0 fully saturated rings. The highest BCUT2D eigenvalue weighted by atomic mass is 19.4. The Kier molecular flexibility index (Phi) is 3.35. The molecule has 94 valence electrons. The van der Waals surface area contributed by atoms with Crippen LogP contribution in [0, 0.1) is 0 Å². The van der Waals surface area contributed by atoms with Crippen LogP contribution in [-0.4, -0.2) is 17.7 Å². The monoisotopic (exact) mass is 247 g/mol. The number of amides is 1. The van der Waals surface area contributed by atoms with Crippen LogP contribution in [0.1, 0.15) is 24.2 Å². The highest BCUT2D eigenvalue weighted by molar-refractivity contribution is 5.92. The Labute approximate surface area is 96.4 Å². The Morgan fingerprint density at radius 3 is 2.00 bits per heavy atom. The van der Waals surface area contributed by atoms with Gasteiger partial charge in [-0.1, -0.05) is 0 Å². The molecule has 1 aromatic carbocycles. The van der Waals surface area contributed by atoms with Gasteiger partial charge in [0.25, 0.3) is 0 Å². The molecule has 3 nitrogen and oxygen atoms in total. The van der Waals surface area contributed by atoms with E-state index < -0.39 is 17.7 Å². The lowest BCUT2D eigenvalue weighted by molar-refractivity contribution is -0.234. The molecule has 0 aromatic heterocycles. The summed E-state index contributed by atoms with van der Waals surface area (Å²) >= 11 is 0. The molecule has 0 heterocycles. The molecule has 0 spiro atoms. The number of carbonyl (C=O) groups excluding carboxylic acids is 1. The number of hydrogen-bond donors (Lipinski definition) is 1. The van der Waals surface area contributed by atoms with Crippen LogP contribution in [-0.2, 0) is 0 Å². The molecule has 17 heavy (non-hydrogen) atoms. The van der Waals surface area contributed by atoms with Crippen molar-refractivity contribution in [1.29, 1.82) is 0 Å². The van der Waals surface area contributed by atoms with E-state index in [1.807, 2.05) is 0 Å². The maximum atomic E-state index is 12.5. The van der Waals surface area contributed by atoms with Crippen molar-refractivity contribution >= 4 is 5.91 Å². The lowest BCUT2D eigenvalue weighted by Gasteiger charge is -2.28. The number of primary amides is 1. The fourth-order valence-corrected chi connectivity index (χ4v) is 1.04. The molecule has 6 heteroatoms. The van der Waals surface area contributed by atoms with Gasteiger partial charge < -0.3 is 10.5 Å². The molecule has 0 aliphatic rings. The quantitative estimate of drug-likeness (QED) is 0.892. The van der Waals surface area contributed by atoms with Crippen LogP contribution in [0.15, 0.2) is 24.3 Å². The van der Waals surface area contributed by atoms with Crippen molar-refractivity contribution in [1.82, 2.24) is 0 Å². The summed E-state index contributed by atoms with van der Waals surface area (Å²) in [6, 6.07) is 5.16. The fraction of sp³-hybridized carbons (Fsp3) is 0.364. The normalized spacial score (nSPS) is 12.3. The van der Waals surface area contributed by atoms with Gasteiger partial charge in [0.2, 0.25) is 5.91 Å². The SMILES string of the molecule is CC(C)(Oc1ccc(C(N)=O)cc1)C(F)(F)F. The maximum Gasteiger partial charge on any atom is 0.427 e. The predicted octanol–water partition coefficient (Wildman–Crippen LogP) is 2.51. The Hall–Kier alpha value is -1.72. The molecule has 0 bridgehead atoms. The third kappa shape index (κ3) is 3.12. The molecular weight excluding hydrogens is 235 g/mol. The molecule has 0 aliphatic heterocycles. The summed E-state index contributed by atoms with van der Waals surface area (Å²) in [6.07, 6.45) is -4.48. The van der Waals surface area contributed by atoms with E-state index in [0.717, 1.165) is 13.8 Å². The zero-order valence-corrected chi connectivity index (χ0v) is 9.34. The fourth-order valence-electron chi connectivity index (χ4n) is 1.04. The second-order valence-electron chi connectivity index (χ2n) is 4.00. The zero-order valence-electron chi connectivity index (χ0n) is 9.34. The van der Waals surface area contributed by atoms with E-state index in [4.69, 9.17) is 10.5 Å². The lowest BCUT2D eigenvalue weighted by Crippen LogP contribution is -2.44. The predicted molar refractivity (Wildman–Crippen MR) is 55.7 cm³/mol. The second-order valence-corrected chi connectivity index (χ2v) is 4.00. The molecule has 0 saturated heterocycles. The van der Waals surface area contributed by atoms with Crippen molar-refractivity contribution in [3.63, 3.8) is 0 Å². The van der Waals surface area contributed by atoms with Crippen molar-refractivity contribution < 1.29 is 22.7 Å². The third-order valence-corrected chi connectivity index (χ3v) is 2.19. The Balaban J connectivity index is 2.86. The molecule has 0 atom stereocenters. The standard InChI is InChI=1S/C11H12F3NO2/c1-10(2,11(12,13)14)17-8-5-3-7(4-6-8)9(15)16/h3-6H,1-2H3,(H2,15,16). The molecule has 1 amide bonds. The van der Waals surface area contributed by atoms with Crippen molar-refractivity contribution in [3.05, 3.63) is 29.8 Å². The smallest absolute Gasteiger partial charge is 0.427 e. The van der Waals surface area contributed by atoms with Crippen LogP contribution in [0.4, 0.5) is 13.2 Å². The topological polar surface area (TPSA) is 52.3 Å². The Bertz CT molecular complexity index is 410. The van der Waals surface area contributed by atoms with E-state index >= 15 is 0 Å². The average molecular weight is 247 g/mol. The molecular formula is C11H12F3NO2. The Morgan fingerprint density at radius 2 is 1.65 bits per heavy atom. The van der Waals surface area contributed by atoms with Gasteiger partial charge in [0.15, 0.2) is 5.60 Å². The van der Waals surface area contributed by atoms with Gasteiger partial charge in [0.05, 0.1) is 0 Å². The highest BCUT2D eigenvalue weighted by Gasteiger charge is 2.49. The summed E-state index contributed by atoms with van der Waals surface area (Å²) in [4.78, 5) is 10.8. The van der Waals surface area contributed by atoms with Crippen LogP contribution in [0.3, 0.4) is 0 Å². The molecule has 0 unspecified atom stereocenters. The van der Waals surface area contributed by atoms with E-state index in [2.05, 4.69) is 0 Å². The van der Waals surface area contributed by atoms with Crippen molar-refractivity contribution in [2.75, 3.05) is 0 Å². The zero-order chi connectivity index (χ0) is 13.3. The van der Waals surface area contributed by atoms with Gasteiger partial charge in [-0.25, -0.2) is 0 Å². The van der Waals surface area contributed by atoms with E-state index in [9.17, 15) is 18.0 Å². The van der Waals surface area contributed by atoms with Gasteiger partial charge in [0, 0.05) is 5.56 Å². The van der Waals surface area contributed by atoms with E-state index in [0.29, 0.717) is 0 Å². The second kappa shape index (κ2) is 4.27. The first kappa shape index (κ1) is 13.3. The first-order valence-electron chi connectivity index (χ1n) is 4.79. The number of benzene rings is 1. The number of carbonyl (C=O) groups is 1. The number of rotatable bonds is 3. The molecule has 2 N–H and O–H groups in total. The maximum absolute atomic E-state index is 12.5. The number of ether oxygens (including phenoxy) is 1. The van der Waals surface area contributed by atoms with Gasteiger partial charge in [0.1, 0.15) is 5.75 Å². The van der Waals surface area contributed by atoms with Crippen LogP contribution in [0.5, 0.6) is 5.75 Å². The van der Waals surface area contributed by atoms with Crippen molar-refractivity contribution in [2.45, 2.75) is 25.6 Å². The minimum Gasteiger partial charge on any atom is -0.478 e. The van der Waals surface area contributed by atoms with Gasteiger partial charge >= 0.3 is 6.18 Å². The summed E-state index contributed by atoms with van der Waals surface area (Å²) in [5.74, 6) is -0.621. The lowest BCUT2D eigenvalue weighted by atomic mass is 10.1. The molecule has 0 aliphatic carbocycles. The van der Waals surface area contributed by atoms with E-state index in [1.165, 1.54) is 24.3 Å². The molecule has 0 saturated carbocycles. The van der Waals surface area contributed by atoms with Gasteiger partial charge in [-0.3, -0.25) is 4.79 Å². The summed E-state index contributed by atoms with van der Waals surface area (Å²) in [5.41, 5.74) is 2.92. The van der Waals surface area contributed by atoms with Crippen LogP contribution < -0.4 is 10.5 Å². The van der Waals surface area contributed by atoms with Crippen molar-refractivity contribution in [2.24, 2.45) is 5.73 Å². The van der Waals surface area contributed by atoms with E-state index in [-0.39, 0.29) is 11.3 Å². The number of hydrogen-bond acceptors (Lipinski definition) is 2. The number of alkyl halides is 3. The first-order valence-corrected chi connectivity index (χ1v) is 4.79.